The fraction of sp³-hybridized carbons (Fsp3) is 0.200. The maximum absolute atomic E-state index is 7.68. The van der Waals surface area contributed by atoms with Crippen LogP contribution < -0.4 is 10.5 Å². The highest BCUT2D eigenvalue weighted by Crippen LogP contribution is 2.29. The quantitative estimate of drug-likeness (QED) is 0.668. The Morgan fingerprint density at radius 3 is 2.50 bits per heavy atom. The van der Waals surface area contributed by atoms with Crippen molar-refractivity contribution in [2.75, 3.05) is 0 Å². The number of nitrogens with one attached hydrogen (secondary N) is 1. The third kappa shape index (κ3) is 2.91. The minimum absolute atomic E-state index is 0.0587. The van der Waals surface area contributed by atoms with Crippen molar-refractivity contribution < 1.29 is 4.74 Å². The second-order valence-corrected chi connectivity index (χ2v) is 5.12. The van der Waals surface area contributed by atoms with Crippen molar-refractivity contribution in [3.8, 4) is 11.6 Å². The summed E-state index contributed by atoms with van der Waals surface area (Å²) in [5.74, 6) is 0.937. The second-order valence-electron chi connectivity index (χ2n) is 4.69. The van der Waals surface area contributed by atoms with Gasteiger partial charge in [0.25, 0.3) is 0 Å². The molecule has 0 atom stereocenters. The van der Waals surface area contributed by atoms with E-state index in [0.29, 0.717) is 22.2 Å². The first-order valence-corrected chi connectivity index (χ1v) is 6.53. The van der Waals surface area contributed by atoms with Crippen LogP contribution >= 0.6 is 11.6 Å². The van der Waals surface area contributed by atoms with E-state index in [9.17, 15) is 0 Å². The number of aromatic nitrogens is 1. The average molecular weight is 290 g/mol. The highest BCUT2D eigenvalue weighted by Gasteiger charge is 2.14. The third-order valence-electron chi connectivity index (χ3n) is 2.92. The molecule has 1 aromatic carbocycles. The van der Waals surface area contributed by atoms with E-state index in [0.717, 1.165) is 16.8 Å². The number of nitrogen functional groups attached to an aromatic ring is 1. The van der Waals surface area contributed by atoms with Crippen LogP contribution in [0.5, 0.6) is 11.6 Å². The number of hydrogen-bond donors (Lipinski definition) is 2. The highest BCUT2D eigenvalue weighted by atomic mass is 35.5. The average Bonchev–Trinajstić information content (AvgIpc) is 2.31. The molecule has 1 heterocycles. The van der Waals surface area contributed by atoms with Crippen LogP contribution in [0.25, 0.3) is 0 Å². The normalized spacial score (nSPS) is 10.4. The molecule has 0 amide bonds. The van der Waals surface area contributed by atoms with Crippen LogP contribution in [0.1, 0.15) is 22.4 Å². The Morgan fingerprint density at radius 1 is 1.20 bits per heavy atom. The van der Waals surface area contributed by atoms with Crippen molar-refractivity contribution in [2.45, 2.75) is 20.8 Å². The van der Waals surface area contributed by atoms with E-state index < -0.39 is 0 Å². The molecule has 4 nitrogen and oxygen atoms in total. The molecule has 0 unspecified atom stereocenters. The number of pyridine rings is 1. The van der Waals surface area contributed by atoms with Gasteiger partial charge >= 0.3 is 0 Å². The topological polar surface area (TPSA) is 72.0 Å². The summed E-state index contributed by atoms with van der Waals surface area (Å²) in [7, 11) is 0. The zero-order valence-corrected chi connectivity index (χ0v) is 12.4. The monoisotopic (exact) mass is 289 g/mol. The number of halogens is 1. The predicted octanol–water partition coefficient (Wildman–Crippen LogP) is 3.74. The summed E-state index contributed by atoms with van der Waals surface area (Å²) in [4.78, 5) is 4.34. The van der Waals surface area contributed by atoms with Gasteiger partial charge in [0.2, 0.25) is 5.88 Å². The summed E-state index contributed by atoms with van der Waals surface area (Å²) < 4.78 is 5.83. The zero-order valence-electron chi connectivity index (χ0n) is 11.6. The first-order valence-electron chi connectivity index (χ1n) is 6.15. The Morgan fingerprint density at radius 2 is 1.90 bits per heavy atom. The molecule has 104 valence electrons. The first-order chi connectivity index (χ1) is 9.38. The van der Waals surface area contributed by atoms with Crippen molar-refractivity contribution in [1.82, 2.24) is 4.98 Å². The van der Waals surface area contributed by atoms with Crippen molar-refractivity contribution >= 4 is 17.4 Å². The number of hydrogen-bond acceptors (Lipinski definition) is 3. The molecular formula is C15H16ClN3O. The zero-order chi connectivity index (χ0) is 14.9. The third-order valence-corrected chi connectivity index (χ3v) is 3.16. The van der Waals surface area contributed by atoms with E-state index in [2.05, 4.69) is 4.98 Å². The lowest BCUT2D eigenvalue weighted by atomic mass is 10.1. The Hall–Kier alpha value is -2.07. The highest BCUT2D eigenvalue weighted by molar-refractivity contribution is 6.30. The van der Waals surface area contributed by atoms with Crippen molar-refractivity contribution in [3.05, 3.63) is 51.7 Å². The van der Waals surface area contributed by atoms with Gasteiger partial charge in [0.1, 0.15) is 11.6 Å². The molecule has 2 rings (SSSR count). The van der Waals surface area contributed by atoms with Gasteiger partial charge in [-0.2, -0.15) is 0 Å². The minimum atomic E-state index is -0.0587. The minimum Gasteiger partial charge on any atom is -0.438 e. The Labute approximate surface area is 123 Å². The standard InChI is InChI=1S/C15H16ClN3O/c1-8-7-11(16)4-5-12(8)20-15-13(14(17)18)9(2)6-10(3)19-15/h4-7H,1-3H3,(H3,17,18). The SMILES string of the molecule is Cc1cc(C)c(C(=N)N)c(Oc2ccc(Cl)cc2C)n1. The van der Waals surface area contributed by atoms with Crippen molar-refractivity contribution in [2.24, 2.45) is 5.73 Å². The summed E-state index contributed by atoms with van der Waals surface area (Å²) >= 11 is 5.93. The van der Waals surface area contributed by atoms with E-state index >= 15 is 0 Å². The number of benzene rings is 1. The maximum atomic E-state index is 7.68. The van der Waals surface area contributed by atoms with Crippen LogP contribution in [0.15, 0.2) is 24.3 Å². The van der Waals surface area contributed by atoms with Crippen molar-refractivity contribution in [1.29, 1.82) is 5.41 Å². The van der Waals surface area contributed by atoms with Gasteiger partial charge in [-0.25, -0.2) is 4.98 Å². The predicted molar refractivity (Wildman–Crippen MR) is 81.0 cm³/mol. The fourth-order valence-electron chi connectivity index (χ4n) is 2.04. The van der Waals surface area contributed by atoms with Gasteiger partial charge in [0.05, 0.1) is 5.56 Å². The summed E-state index contributed by atoms with van der Waals surface area (Å²) in [6.07, 6.45) is 0. The smallest absolute Gasteiger partial charge is 0.230 e. The number of aryl methyl sites for hydroxylation is 3. The summed E-state index contributed by atoms with van der Waals surface area (Å²) in [6.45, 7) is 5.66. The van der Waals surface area contributed by atoms with Gasteiger partial charge in [-0.05, 0) is 56.2 Å². The summed E-state index contributed by atoms with van der Waals surface area (Å²) in [5.41, 5.74) is 8.72. The largest absolute Gasteiger partial charge is 0.438 e. The molecule has 2 aromatic rings. The van der Waals surface area contributed by atoms with Crippen LogP contribution in [0.2, 0.25) is 5.02 Å². The van der Waals surface area contributed by atoms with Gasteiger partial charge in [-0.3, -0.25) is 5.41 Å². The Kier molecular flexibility index (Phi) is 3.95. The van der Waals surface area contributed by atoms with Crippen LogP contribution in [0, 0.1) is 26.2 Å². The maximum Gasteiger partial charge on any atom is 0.230 e. The molecule has 0 aliphatic rings. The van der Waals surface area contributed by atoms with Crippen LogP contribution in [-0.4, -0.2) is 10.8 Å². The molecule has 3 N–H and O–H groups in total. The number of nitrogens with two attached hydrogens (primary N) is 1. The molecule has 1 aromatic heterocycles. The van der Waals surface area contributed by atoms with Crippen LogP contribution in [0.4, 0.5) is 0 Å². The molecule has 0 fully saturated rings. The van der Waals surface area contributed by atoms with E-state index in [1.54, 1.807) is 12.1 Å². The van der Waals surface area contributed by atoms with E-state index in [4.69, 9.17) is 27.5 Å². The van der Waals surface area contributed by atoms with Gasteiger partial charge < -0.3 is 10.5 Å². The van der Waals surface area contributed by atoms with Gasteiger partial charge in [-0.1, -0.05) is 11.6 Å². The molecule has 0 aliphatic carbocycles. The molecule has 5 heteroatoms. The molecule has 20 heavy (non-hydrogen) atoms. The number of ether oxygens (including phenoxy) is 1. The van der Waals surface area contributed by atoms with E-state index in [1.807, 2.05) is 32.9 Å². The summed E-state index contributed by atoms with van der Waals surface area (Å²) in [6, 6.07) is 7.21. The molecule has 0 bridgehead atoms. The second kappa shape index (κ2) is 5.51. The lowest BCUT2D eigenvalue weighted by molar-refractivity contribution is 0.456. The lowest BCUT2D eigenvalue weighted by Crippen LogP contribution is -2.15. The molecule has 0 saturated heterocycles. The van der Waals surface area contributed by atoms with E-state index in [1.165, 1.54) is 0 Å². The number of nitrogens with zero attached hydrogens (tertiary/aromatic N) is 1. The molecule has 0 aliphatic heterocycles. The molecular weight excluding hydrogens is 274 g/mol. The Balaban J connectivity index is 2.50. The van der Waals surface area contributed by atoms with E-state index in [-0.39, 0.29) is 5.84 Å². The number of rotatable bonds is 3. The molecule has 0 radical (unpaired) electrons. The number of amidine groups is 1. The lowest BCUT2D eigenvalue weighted by Gasteiger charge is -2.14. The first kappa shape index (κ1) is 14.3. The Bertz CT molecular complexity index is 683. The van der Waals surface area contributed by atoms with Crippen LogP contribution in [0.3, 0.4) is 0 Å². The van der Waals surface area contributed by atoms with Gasteiger partial charge in [-0.15, -0.1) is 0 Å². The van der Waals surface area contributed by atoms with Gasteiger partial charge in [0, 0.05) is 10.7 Å². The summed E-state index contributed by atoms with van der Waals surface area (Å²) in [5, 5.41) is 8.33. The fourth-order valence-corrected chi connectivity index (χ4v) is 2.26. The molecule has 0 saturated carbocycles. The van der Waals surface area contributed by atoms with Crippen molar-refractivity contribution in [3.63, 3.8) is 0 Å². The van der Waals surface area contributed by atoms with Crippen LogP contribution in [-0.2, 0) is 0 Å². The molecule has 0 spiro atoms. The van der Waals surface area contributed by atoms with Gasteiger partial charge in [0.15, 0.2) is 0 Å².